The Labute approximate surface area is 136 Å². The standard InChI is InChI=1S/C17H14N4O3/c18-16(23)10-5-7-11(8-6-10)19-15(22)9-14-12-3-1-2-4-13(12)17(24)21-20-14/h1-8H,9H2,(H2,18,23)(H,19,22)(H,21,24). The fourth-order valence-corrected chi connectivity index (χ4v) is 2.38. The Morgan fingerprint density at radius 2 is 1.71 bits per heavy atom. The highest BCUT2D eigenvalue weighted by Crippen LogP contribution is 2.14. The Balaban J connectivity index is 1.79. The van der Waals surface area contributed by atoms with Gasteiger partial charge in [0.25, 0.3) is 5.56 Å². The maximum atomic E-state index is 12.2. The smallest absolute Gasteiger partial charge is 0.272 e. The predicted octanol–water partition coefficient (Wildman–Crippen LogP) is 1.20. The molecule has 7 heteroatoms. The van der Waals surface area contributed by atoms with Crippen LogP contribution in [0.5, 0.6) is 0 Å². The van der Waals surface area contributed by atoms with Crippen molar-refractivity contribution in [1.29, 1.82) is 0 Å². The SMILES string of the molecule is NC(=O)c1ccc(NC(=O)Cc2n[nH]c(=O)c3ccccc23)cc1. The number of benzene rings is 2. The number of H-pyrrole nitrogens is 1. The summed E-state index contributed by atoms with van der Waals surface area (Å²) in [4.78, 5) is 35.0. The second-order valence-corrected chi connectivity index (χ2v) is 5.21. The first kappa shape index (κ1) is 15.4. The van der Waals surface area contributed by atoms with Crippen molar-refractivity contribution in [2.45, 2.75) is 6.42 Å². The minimum atomic E-state index is -0.531. The monoisotopic (exact) mass is 322 g/mol. The molecule has 1 heterocycles. The molecule has 1 aromatic heterocycles. The maximum absolute atomic E-state index is 12.2. The molecule has 0 saturated carbocycles. The summed E-state index contributed by atoms with van der Waals surface area (Å²) in [6, 6.07) is 13.2. The van der Waals surface area contributed by atoms with E-state index in [0.717, 1.165) is 0 Å². The van der Waals surface area contributed by atoms with Crippen LogP contribution in [0, 0.1) is 0 Å². The number of nitrogens with two attached hydrogens (primary N) is 1. The van der Waals surface area contributed by atoms with Gasteiger partial charge in [0.1, 0.15) is 0 Å². The fraction of sp³-hybridized carbons (Fsp3) is 0.0588. The number of primary amides is 1. The normalized spacial score (nSPS) is 10.5. The molecule has 0 aliphatic heterocycles. The lowest BCUT2D eigenvalue weighted by Crippen LogP contribution is -2.18. The summed E-state index contributed by atoms with van der Waals surface area (Å²) < 4.78 is 0. The zero-order chi connectivity index (χ0) is 17.1. The molecule has 7 nitrogen and oxygen atoms in total. The van der Waals surface area contributed by atoms with Crippen molar-refractivity contribution in [2.24, 2.45) is 5.73 Å². The number of rotatable bonds is 4. The Hall–Kier alpha value is -3.48. The van der Waals surface area contributed by atoms with Gasteiger partial charge in [-0.3, -0.25) is 14.4 Å². The number of carbonyl (C=O) groups is 2. The van der Waals surface area contributed by atoms with E-state index < -0.39 is 5.91 Å². The first-order valence-electron chi connectivity index (χ1n) is 7.20. The van der Waals surface area contributed by atoms with Crippen LogP contribution in [0.2, 0.25) is 0 Å². The van der Waals surface area contributed by atoms with E-state index in [1.54, 1.807) is 36.4 Å². The molecule has 0 atom stereocenters. The lowest BCUT2D eigenvalue weighted by atomic mass is 10.1. The topological polar surface area (TPSA) is 118 Å². The van der Waals surface area contributed by atoms with Crippen molar-refractivity contribution in [3.05, 3.63) is 70.1 Å². The number of nitrogens with zero attached hydrogens (tertiary/aromatic N) is 1. The first-order valence-corrected chi connectivity index (χ1v) is 7.20. The highest BCUT2D eigenvalue weighted by Gasteiger charge is 2.11. The molecule has 3 rings (SSSR count). The second-order valence-electron chi connectivity index (χ2n) is 5.21. The molecule has 0 saturated heterocycles. The third-order valence-corrected chi connectivity index (χ3v) is 3.56. The van der Waals surface area contributed by atoms with E-state index >= 15 is 0 Å². The fourth-order valence-electron chi connectivity index (χ4n) is 2.38. The zero-order valence-corrected chi connectivity index (χ0v) is 12.6. The van der Waals surface area contributed by atoms with E-state index in [1.807, 2.05) is 0 Å². The average Bonchev–Trinajstić information content (AvgIpc) is 2.58. The third-order valence-electron chi connectivity index (χ3n) is 3.56. The van der Waals surface area contributed by atoms with Crippen molar-refractivity contribution in [3.8, 4) is 0 Å². The lowest BCUT2D eigenvalue weighted by molar-refractivity contribution is -0.115. The molecule has 0 unspecified atom stereocenters. The van der Waals surface area contributed by atoms with Crippen LogP contribution >= 0.6 is 0 Å². The van der Waals surface area contributed by atoms with Gasteiger partial charge < -0.3 is 11.1 Å². The number of nitrogens with one attached hydrogen (secondary N) is 2. The van der Waals surface area contributed by atoms with Crippen LogP contribution in [0.15, 0.2) is 53.3 Å². The minimum absolute atomic E-state index is 0.00879. The Kier molecular flexibility index (Phi) is 4.07. The van der Waals surface area contributed by atoms with E-state index in [4.69, 9.17) is 5.73 Å². The Morgan fingerprint density at radius 3 is 2.38 bits per heavy atom. The van der Waals surface area contributed by atoms with Crippen LogP contribution in [-0.4, -0.2) is 22.0 Å². The molecule has 0 bridgehead atoms. The summed E-state index contributed by atoms with van der Waals surface area (Å²) in [7, 11) is 0. The minimum Gasteiger partial charge on any atom is -0.366 e. The van der Waals surface area contributed by atoms with Gasteiger partial charge in [0, 0.05) is 16.6 Å². The molecule has 120 valence electrons. The largest absolute Gasteiger partial charge is 0.366 e. The van der Waals surface area contributed by atoms with E-state index in [1.165, 1.54) is 12.1 Å². The number of amides is 2. The van der Waals surface area contributed by atoms with Crippen molar-refractivity contribution >= 4 is 28.3 Å². The Morgan fingerprint density at radius 1 is 1.04 bits per heavy atom. The summed E-state index contributed by atoms with van der Waals surface area (Å²) in [6.45, 7) is 0. The second kappa shape index (κ2) is 6.33. The molecule has 2 aromatic carbocycles. The van der Waals surface area contributed by atoms with Crippen molar-refractivity contribution in [2.75, 3.05) is 5.32 Å². The number of hydrogen-bond donors (Lipinski definition) is 3. The van der Waals surface area contributed by atoms with Crippen LogP contribution in [0.1, 0.15) is 16.1 Å². The number of anilines is 1. The molecule has 0 fully saturated rings. The summed E-state index contributed by atoms with van der Waals surface area (Å²) in [5, 5.41) is 10.2. The van der Waals surface area contributed by atoms with Gasteiger partial charge in [-0.05, 0) is 30.3 Å². The lowest BCUT2D eigenvalue weighted by Gasteiger charge is -2.07. The van der Waals surface area contributed by atoms with Gasteiger partial charge in [-0.25, -0.2) is 5.10 Å². The quantitative estimate of drug-likeness (QED) is 0.669. The van der Waals surface area contributed by atoms with Crippen LogP contribution in [0.3, 0.4) is 0 Å². The molecule has 3 aromatic rings. The van der Waals surface area contributed by atoms with Crippen LogP contribution in [0.4, 0.5) is 5.69 Å². The van der Waals surface area contributed by atoms with Gasteiger partial charge in [0.15, 0.2) is 0 Å². The number of hydrogen-bond acceptors (Lipinski definition) is 4. The number of carbonyl (C=O) groups excluding carboxylic acids is 2. The Bertz CT molecular complexity index is 977. The summed E-state index contributed by atoms with van der Waals surface area (Å²) >= 11 is 0. The summed E-state index contributed by atoms with van der Waals surface area (Å²) in [5.74, 6) is -0.816. The molecule has 0 spiro atoms. The molecule has 4 N–H and O–H groups in total. The van der Waals surface area contributed by atoms with Gasteiger partial charge in [-0.15, -0.1) is 0 Å². The molecule has 0 aliphatic rings. The number of aromatic nitrogens is 2. The molecule has 2 amide bonds. The zero-order valence-electron chi connectivity index (χ0n) is 12.6. The van der Waals surface area contributed by atoms with Gasteiger partial charge in [-0.2, -0.15) is 5.10 Å². The van der Waals surface area contributed by atoms with Crippen molar-refractivity contribution in [1.82, 2.24) is 10.2 Å². The molecule has 0 aliphatic carbocycles. The van der Waals surface area contributed by atoms with E-state index in [2.05, 4.69) is 15.5 Å². The molecular weight excluding hydrogens is 308 g/mol. The van der Waals surface area contributed by atoms with Gasteiger partial charge in [0.2, 0.25) is 11.8 Å². The van der Waals surface area contributed by atoms with Gasteiger partial charge in [-0.1, -0.05) is 18.2 Å². The third kappa shape index (κ3) is 3.14. The van der Waals surface area contributed by atoms with Crippen LogP contribution in [0.25, 0.3) is 10.8 Å². The van der Waals surface area contributed by atoms with Gasteiger partial charge >= 0.3 is 0 Å². The summed E-state index contributed by atoms with van der Waals surface area (Å²) in [5.41, 5.74) is 6.26. The van der Waals surface area contributed by atoms with Crippen LogP contribution < -0.4 is 16.6 Å². The average molecular weight is 322 g/mol. The van der Waals surface area contributed by atoms with E-state index in [-0.39, 0.29) is 17.9 Å². The molecular formula is C17H14N4O3. The highest BCUT2D eigenvalue weighted by molar-refractivity contribution is 5.96. The first-order chi connectivity index (χ1) is 11.5. The summed E-state index contributed by atoms with van der Waals surface area (Å²) in [6.07, 6.45) is 0.00879. The number of fused-ring (bicyclic) bond motifs is 1. The molecule has 0 radical (unpaired) electrons. The predicted molar refractivity (Wildman–Crippen MR) is 89.7 cm³/mol. The highest BCUT2D eigenvalue weighted by atomic mass is 16.2. The maximum Gasteiger partial charge on any atom is 0.272 e. The van der Waals surface area contributed by atoms with E-state index in [9.17, 15) is 14.4 Å². The van der Waals surface area contributed by atoms with Crippen molar-refractivity contribution in [3.63, 3.8) is 0 Å². The number of aromatic amines is 1. The molecule has 24 heavy (non-hydrogen) atoms. The van der Waals surface area contributed by atoms with E-state index in [0.29, 0.717) is 27.7 Å². The van der Waals surface area contributed by atoms with Crippen LogP contribution in [-0.2, 0) is 11.2 Å². The van der Waals surface area contributed by atoms with Gasteiger partial charge in [0.05, 0.1) is 17.5 Å². The van der Waals surface area contributed by atoms with Crippen molar-refractivity contribution < 1.29 is 9.59 Å².